The topological polar surface area (TPSA) is 233 Å². The number of carbonyl (C=O) groups excluding carboxylic acids is 1. The third kappa shape index (κ3) is 5.59. The number of nitrogens with zero attached hydrogens (tertiary/aromatic N) is 7. The van der Waals surface area contributed by atoms with E-state index in [0.29, 0.717) is 0 Å². The maximum atomic E-state index is 16.0. The van der Waals surface area contributed by atoms with Crippen LogP contribution in [0.2, 0.25) is 0 Å². The lowest BCUT2D eigenvalue weighted by Crippen LogP contribution is -2.33. The molecule has 3 aliphatic rings. The highest BCUT2D eigenvalue weighted by molar-refractivity contribution is 8.44. The van der Waals surface area contributed by atoms with Crippen molar-refractivity contribution in [3.05, 3.63) is 36.4 Å². The number of alkyl halides is 2. The van der Waals surface area contributed by atoms with E-state index in [0.717, 1.165) is 11.0 Å². The van der Waals surface area contributed by atoms with Crippen LogP contribution in [-0.2, 0) is 36.7 Å². The number of hydrogen-bond donors (Lipinski definition) is 4. The number of hydrogen-bond acceptors (Lipinski definition) is 15. The van der Waals surface area contributed by atoms with E-state index in [1.807, 2.05) is 0 Å². The molecule has 0 saturated carbocycles. The summed E-state index contributed by atoms with van der Waals surface area (Å²) in [5, 5.41) is 7.93. The zero-order valence-corrected chi connectivity index (χ0v) is 26.5. The monoisotopic (exact) mass is 721 g/mol. The van der Waals surface area contributed by atoms with E-state index in [1.54, 1.807) is 0 Å². The number of amides is 1. The van der Waals surface area contributed by atoms with Crippen LogP contribution >= 0.6 is 38.1 Å². The minimum absolute atomic E-state index is 0.0320. The van der Waals surface area contributed by atoms with Gasteiger partial charge in [0.05, 0.1) is 30.6 Å². The van der Waals surface area contributed by atoms with Crippen LogP contribution in [0.15, 0.2) is 30.9 Å². The first kappa shape index (κ1) is 31.8. The number of ether oxygens (including phenoxy) is 2. The average Bonchev–Trinajstić information content (AvgIpc) is 3.76. The maximum absolute atomic E-state index is 16.0. The van der Waals surface area contributed by atoms with Gasteiger partial charge in [-0.05, 0) is 12.1 Å². The fourth-order valence-corrected chi connectivity index (χ4v) is 8.36. The van der Waals surface area contributed by atoms with Gasteiger partial charge in [0, 0.05) is 0 Å². The summed E-state index contributed by atoms with van der Waals surface area (Å²) in [5.41, 5.74) is 11.9. The molecule has 7 rings (SSSR count). The van der Waals surface area contributed by atoms with E-state index >= 15 is 8.78 Å². The second-order valence-electron chi connectivity index (χ2n) is 10.3. The number of nitrogen functional groups attached to an aromatic ring is 1. The Kier molecular flexibility index (Phi) is 8.11. The Morgan fingerprint density at radius 3 is 2.37 bits per heavy atom. The fraction of sp³-hybridized carbons (Fsp3) is 0.455. The highest BCUT2D eigenvalue weighted by Crippen LogP contribution is 2.60. The molecular weight excluding hydrogens is 698 g/mol. The molecular formula is C22H23F2N9O9P2S2. The Morgan fingerprint density at radius 2 is 1.63 bits per heavy atom. The van der Waals surface area contributed by atoms with Gasteiger partial charge in [0.2, 0.25) is 0 Å². The normalized spacial score (nSPS) is 37.0. The van der Waals surface area contributed by atoms with Crippen LogP contribution in [0.25, 0.3) is 22.2 Å². The van der Waals surface area contributed by atoms with E-state index in [-0.39, 0.29) is 33.6 Å². The Bertz CT molecular complexity index is 1940. The quantitative estimate of drug-likeness (QED) is 0.176. The minimum Gasteiger partial charge on any atom is -0.382 e. The minimum atomic E-state index is -4.49. The molecule has 6 heterocycles. The second-order valence-corrected chi connectivity index (χ2v) is 16.1. The molecule has 1 amide bonds. The predicted octanol–water partition coefficient (Wildman–Crippen LogP) is 2.32. The number of aromatic nitrogens is 7. The van der Waals surface area contributed by atoms with Crippen LogP contribution in [0.1, 0.15) is 22.8 Å². The lowest BCUT2D eigenvalue weighted by atomic mass is 10.1. The molecule has 0 unspecified atom stereocenters. The van der Waals surface area contributed by atoms with Crippen LogP contribution in [0.5, 0.6) is 0 Å². The number of anilines is 1. The number of halogens is 2. The van der Waals surface area contributed by atoms with Crippen molar-refractivity contribution in [3.8, 4) is 0 Å². The molecule has 2 bridgehead atoms. The predicted molar refractivity (Wildman–Crippen MR) is 158 cm³/mol. The Balaban J connectivity index is 1.20. The van der Waals surface area contributed by atoms with Crippen molar-refractivity contribution in [3.63, 3.8) is 0 Å². The highest BCUT2D eigenvalue weighted by Gasteiger charge is 2.54. The van der Waals surface area contributed by atoms with Crippen molar-refractivity contribution in [1.82, 2.24) is 34.5 Å². The number of rotatable bonds is 3. The van der Waals surface area contributed by atoms with Gasteiger partial charge in [0.1, 0.15) is 41.8 Å². The number of thiol groups is 2. The van der Waals surface area contributed by atoms with Gasteiger partial charge in [-0.15, -0.1) is 5.10 Å². The molecule has 4 aromatic rings. The summed E-state index contributed by atoms with van der Waals surface area (Å²) >= 11 is 7.97. The van der Waals surface area contributed by atoms with E-state index < -0.39 is 81.9 Å². The first-order valence-electron chi connectivity index (χ1n) is 13.3. The van der Waals surface area contributed by atoms with Gasteiger partial charge >= 0.3 is 13.6 Å². The first-order chi connectivity index (χ1) is 21.8. The van der Waals surface area contributed by atoms with Gasteiger partial charge in [0.25, 0.3) is 5.91 Å². The van der Waals surface area contributed by atoms with Gasteiger partial charge < -0.3 is 20.9 Å². The average molecular weight is 722 g/mol. The number of primary amides is 1. The molecule has 0 spiro atoms. The van der Waals surface area contributed by atoms with Crippen molar-refractivity contribution < 1.29 is 50.3 Å². The summed E-state index contributed by atoms with van der Waals surface area (Å²) in [6.07, 6.45) is -11.1. The maximum Gasteiger partial charge on any atom is 0.386 e. The van der Waals surface area contributed by atoms with E-state index in [1.165, 1.54) is 29.1 Å². The zero-order chi connectivity index (χ0) is 32.5. The molecule has 18 nitrogen and oxygen atoms in total. The Labute approximate surface area is 266 Å². The molecule has 1 aromatic carbocycles. The summed E-state index contributed by atoms with van der Waals surface area (Å²) in [6, 6.07) is 4.42. The molecule has 3 fully saturated rings. The van der Waals surface area contributed by atoms with Gasteiger partial charge in [0.15, 0.2) is 36.3 Å². The van der Waals surface area contributed by atoms with Crippen LogP contribution in [0.4, 0.5) is 14.6 Å². The summed E-state index contributed by atoms with van der Waals surface area (Å²) < 4.78 is 94.5. The summed E-state index contributed by atoms with van der Waals surface area (Å²) in [6.45, 7) is -10.4. The van der Waals surface area contributed by atoms with Crippen molar-refractivity contribution in [1.29, 1.82) is 0 Å². The van der Waals surface area contributed by atoms with Crippen LogP contribution in [0.3, 0.4) is 0 Å². The smallest absolute Gasteiger partial charge is 0.382 e. The van der Waals surface area contributed by atoms with Crippen LogP contribution in [0, 0.1) is 0 Å². The Hall–Kier alpha value is -2.78. The van der Waals surface area contributed by atoms with E-state index in [4.69, 9.17) is 39.0 Å². The SMILES string of the molecule is NC(=O)c1cccc2c1nnn2[C@@H]1O[C@@H]2CO[P@](=O)(S)O[C@H]3[C@@H](F)[C@H](n4cnc5c(N)ncnc54)O[C@@H]3CO[P@@](=O)(S)O[C@@H]1[C@@H]2F. The molecule has 3 aromatic heterocycles. The number of carbonyl (C=O) groups is 1. The highest BCUT2D eigenvalue weighted by atomic mass is 32.7. The molecule has 246 valence electrons. The zero-order valence-electron chi connectivity index (χ0n) is 22.9. The Morgan fingerprint density at radius 1 is 0.935 bits per heavy atom. The first-order valence-corrected chi connectivity index (χ1v) is 18.7. The lowest BCUT2D eigenvalue weighted by Gasteiger charge is -2.25. The van der Waals surface area contributed by atoms with Crippen molar-refractivity contribution in [2.45, 2.75) is 49.2 Å². The van der Waals surface area contributed by atoms with Crippen molar-refractivity contribution in [2.75, 3.05) is 18.9 Å². The van der Waals surface area contributed by atoms with E-state index in [2.05, 4.69) is 49.8 Å². The molecule has 4 N–H and O–H groups in total. The number of fused-ring (bicyclic) bond motifs is 5. The third-order valence-electron chi connectivity index (χ3n) is 7.52. The van der Waals surface area contributed by atoms with Crippen molar-refractivity contribution >= 4 is 72.0 Å². The van der Waals surface area contributed by atoms with E-state index in [9.17, 15) is 13.9 Å². The molecule has 0 radical (unpaired) electrons. The second kappa shape index (κ2) is 11.7. The number of nitrogens with two attached hydrogens (primary N) is 2. The third-order valence-corrected chi connectivity index (χ3v) is 10.7. The van der Waals surface area contributed by atoms with Crippen LogP contribution < -0.4 is 11.5 Å². The number of benzene rings is 1. The molecule has 46 heavy (non-hydrogen) atoms. The molecule has 3 aliphatic heterocycles. The fourth-order valence-electron chi connectivity index (χ4n) is 5.43. The van der Waals surface area contributed by atoms with Crippen LogP contribution in [-0.4, -0.2) is 90.4 Å². The summed E-state index contributed by atoms with van der Waals surface area (Å²) in [5.74, 6) is -0.752. The standard InChI is InChI=1S/C22H23F2N9O9P2S2/c23-12-10-4-37-43(35,45)41-16-11(40-21(13(16)24)32-7-29-15-18(25)27-6-28-20(15)32)5-38-44(36,46)42-17(12)22(39-10)33-9-3-1-2-8(19(26)34)14(9)30-31-33/h1-3,6-7,10-13,16-17,21-22H,4-5H2,(H2,26,34)(H,35,45)(H,36,46)(H2,25,27,28)/t10-,11-,12-,13-,16-,17-,21-,22-,43+,44-/m1/s1. The van der Waals surface area contributed by atoms with Gasteiger partial charge in [-0.25, -0.2) is 37.5 Å². The molecule has 10 atom stereocenters. The molecule has 24 heteroatoms. The summed E-state index contributed by atoms with van der Waals surface area (Å²) in [4.78, 5) is 23.9. The number of imidazole rings is 1. The van der Waals surface area contributed by atoms with Crippen molar-refractivity contribution in [2.24, 2.45) is 5.73 Å². The largest absolute Gasteiger partial charge is 0.386 e. The van der Waals surface area contributed by atoms with Gasteiger partial charge in [-0.2, -0.15) is 0 Å². The van der Waals surface area contributed by atoms with Gasteiger partial charge in [-0.3, -0.25) is 27.5 Å². The molecule has 0 aliphatic carbocycles. The lowest BCUT2D eigenvalue weighted by molar-refractivity contribution is -0.0603. The summed E-state index contributed by atoms with van der Waals surface area (Å²) in [7, 11) is 0. The molecule has 3 saturated heterocycles. The van der Waals surface area contributed by atoms with Gasteiger partial charge in [-0.1, -0.05) is 35.8 Å².